The van der Waals surface area contributed by atoms with Crippen molar-refractivity contribution >= 4 is 16.1 Å². The minimum atomic E-state index is -3.86. The molecule has 100 valence electrons. The third-order valence-electron chi connectivity index (χ3n) is 2.33. The highest BCUT2D eigenvalue weighted by Gasteiger charge is 2.27. The fraction of sp³-hybridized carbons (Fsp3) is 0.455. The van der Waals surface area contributed by atoms with Gasteiger partial charge in [0.15, 0.2) is 0 Å². The van der Waals surface area contributed by atoms with Gasteiger partial charge >= 0.3 is 6.03 Å². The summed E-state index contributed by atoms with van der Waals surface area (Å²) in [6.07, 6.45) is 2.74. The summed E-state index contributed by atoms with van der Waals surface area (Å²) in [4.78, 5) is 15.5. The van der Waals surface area contributed by atoms with Gasteiger partial charge in [-0.1, -0.05) is 0 Å². The van der Waals surface area contributed by atoms with Gasteiger partial charge in [-0.2, -0.15) is 0 Å². The molecule has 2 amide bonds. The number of carbonyl (C=O) groups is 1. The largest absolute Gasteiger partial charge is 0.335 e. The van der Waals surface area contributed by atoms with Crippen molar-refractivity contribution in [1.29, 1.82) is 0 Å². The van der Waals surface area contributed by atoms with Crippen molar-refractivity contribution in [2.45, 2.75) is 31.7 Å². The van der Waals surface area contributed by atoms with Gasteiger partial charge in [0, 0.05) is 25.5 Å². The van der Waals surface area contributed by atoms with Crippen molar-refractivity contribution in [3.8, 4) is 0 Å². The number of carbonyl (C=O) groups excluding carboxylic acids is 1. The van der Waals surface area contributed by atoms with E-state index in [4.69, 9.17) is 0 Å². The number of nitrogens with one attached hydrogen (secondary N) is 1. The van der Waals surface area contributed by atoms with Crippen LogP contribution in [-0.2, 0) is 10.0 Å². The summed E-state index contributed by atoms with van der Waals surface area (Å²) >= 11 is 0. The minimum Gasteiger partial charge on any atom is -0.335 e. The van der Waals surface area contributed by atoms with Crippen LogP contribution in [0.2, 0.25) is 0 Å². The Balaban J connectivity index is 3.08. The predicted octanol–water partition coefficient (Wildman–Crippen LogP) is 1.13. The van der Waals surface area contributed by atoms with E-state index in [2.05, 4.69) is 10.3 Å². The smallest absolute Gasteiger partial charge is 0.331 e. The second-order valence-corrected chi connectivity index (χ2v) is 6.16. The normalized spacial score (nSPS) is 11.4. The number of urea groups is 1. The lowest BCUT2D eigenvalue weighted by Crippen LogP contribution is -2.43. The van der Waals surface area contributed by atoms with Crippen LogP contribution in [0, 0.1) is 6.92 Å². The molecule has 1 N–H and O–H groups in total. The number of aryl methyl sites for hydroxylation is 1. The second-order valence-electron chi connectivity index (χ2n) is 4.22. The zero-order valence-electron chi connectivity index (χ0n) is 10.8. The Kier molecular flexibility index (Phi) is 4.28. The van der Waals surface area contributed by atoms with Crippen molar-refractivity contribution in [1.82, 2.24) is 14.6 Å². The van der Waals surface area contributed by atoms with Gasteiger partial charge in [-0.3, -0.25) is 4.98 Å². The molecule has 0 radical (unpaired) electrons. The molecule has 0 saturated heterocycles. The molecule has 7 heteroatoms. The van der Waals surface area contributed by atoms with Crippen molar-refractivity contribution in [3.63, 3.8) is 0 Å². The number of aromatic nitrogens is 1. The maximum absolute atomic E-state index is 12.2. The summed E-state index contributed by atoms with van der Waals surface area (Å²) in [5.41, 5.74) is 0.550. The van der Waals surface area contributed by atoms with E-state index < -0.39 is 16.1 Å². The molecule has 1 aromatic rings. The highest BCUT2D eigenvalue weighted by molar-refractivity contribution is 7.89. The number of nitrogens with zero attached hydrogens (tertiary/aromatic N) is 2. The van der Waals surface area contributed by atoms with Gasteiger partial charge in [-0.15, -0.1) is 0 Å². The monoisotopic (exact) mass is 271 g/mol. The molecule has 0 aromatic carbocycles. The van der Waals surface area contributed by atoms with Gasteiger partial charge < -0.3 is 5.32 Å². The van der Waals surface area contributed by atoms with Crippen LogP contribution in [0.25, 0.3) is 0 Å². The summed E-state index contributed by atoms with van der Waals surface area (Å²) in [5, 5.41) is 2.53. The van der Waals surface area contributed by atoms with E-state index in [9.17, 15) is 13.2 Å². The van der Waals surface area contributed by atoms with Gasteiger partial charge in [0.2, 0.25) is 0 Å². The van der Waals surface area contributed by atoms with Crippen molar-refractivity contribution in [2.75, 3.05) is 7.05 Å². The number of pyridine rings is 1. The van der Waals surface area contributed by atoms with Crippen molar-refractivity contribution in [2.24, 2.45) is 0 Å². The quantitative estimate of drug-likeness (QED) is 0.893. The van der Waals surface area contributed by atoms with E-state index in [-0.39, 0.29) is 10.9 Å². The molecule has 0 fully saturated rings. The summed E-state index contributed by atoms with van der Waals surface area (Å²) in [6, 6.07) is 0.791. The first-order chi connectivity index (χ1) is 8.26. The molecule has 1 heterocycles. The lowest BCUT2D eigenvalue weighted by Gasteiger charge is -2.20. The Labute approximate surface area is 107 Å². The Bertz CT molecular complexity index is 540. The fourth-order valence-corrected chi connectivity index (χ4v) is 2.55. The zero-order valence-corrected chi connectivity index (χ0v) is 11.7. The fourth-order valence-electron chi connectivity index (χ4n) is 1.31. The summed E-state index contributed by atoms with van der Waals surface area (Å²) in [6.45, 7) is 5.17. The van der Waals surface area contributed by atoms with Gasteiger partial charge in [-0.25, -0.2) is 17.5 Å². The molecule has 0 aliphatic heterocycles. The topological polar surface area (TPSA) is 79.4 Å². The Hall–Kier alpha value is -1.63. The second kappa shape index (κ2) is 5.34. The Morgan fingerprint density at radius 1 is 1.44 bits per heavy atom. The van der Waals surface area contributed by atoms with Crippen LogP contribution in [0.3, 0.4) is 0 Å². The number of rotatable bonds is 3. The third kappa shape index (κ3) is 2.98. The first-order valence-corrected chi connectivity index (χ1v) is 6.91. The molecule has 0 aliphatic carbocycles. The van der Waals surface area contributed by atoms with Crippen LogP contribution in [0.5, 0.6) is 0 Å². The van der Waals surface area contributed by atoms with Gasteiger partial charge in [0.05, 0.1) is 0 Å². The van der Waals surface area contributed by atoms with Crippen molar-refractivity contribution < 1.29 is 13.2 Å². The van der Waals surface area contributed by atoms with E-state index in [0.717, 1.165) is 0 Å². The lowest BCUT2D eigenvalue weighted by atomic mass is 10.3. The molecule has 6 nitrogen and oxygen atoms in total. The highest BCUT2D eigenvalue weighted by atomic mass is 32.2. The van der Waals surface area contributed by atoms with Crippen LogP contribution < -0.4 is 5.32 Å². The zero-order chi connectivity index (χ0) is 13.9. The molecule has 0 bridgehead atoms. The first kappa shape index (κ1) is 14.4. The molecule has 1 rings (SSSR count). The molecule has 0 atom stereocenters. The summed E-state index contributed by atoms with van der Waals surface area (Å²) in [5.74, 6) is 0. The molecular formula is C11H17N3O3S. The van der Waals surface area contributed by atoms with Crippen LogP contribution in [0.4, 0.5) is 4.79 Å². The minimum absolute atomic E-state index is 0.0337. The first-order valence-electron chi connectivity index (χ1n) is 5.47. The molecule has 0 aliphatic rings. The summed E-state index contributed by atoms with van der Waals surface area (Å²) in [7, 11) is -2.63. The molecule has 0 spiro atoms. The lowest BCUT2D eigenvalue weighted by molar-refractivity contribution is 0.226. The maximum atomic E-state index is 12.2. The molecule has 1 aromatic heterocycles. The van der Waals surface area contributed by atoms with Gasteiger partial charge in [0.25, 0.3) is 10.0 Å². The van der Waals surface area contributed by atoms with Gasteiger partial charge in [0.1, 0.15) is 4.90 Å². The third-order valence-corrected chi connectivity index (χ3v) is 4.20. The van der Waals surface area contributed by atoms with Crippen molar-refractivity contribution in [3.05, 3.63) is 24.0 Å². The van der Waals surface area contributed by atoms with E-state index in [1.54, 1.807) is 26.8 Å². The van der Waals surface area contributed by atoms with E-state index in [1.807, 2.05) is 0 Å². The molecule has 18 heavy (non-hydrogen) atoms. The maximum Gasteiger partial charge on any atom is 0.331 e. The predicted molar refractivity (Wildman–Crippen MR) is 67.6 cm³/mol. The van der Waals surface area contributed by atoms with Crippen LogP contribution in [-0.4, -0.2) is 36.8 Å². The molecular weight excluding hydrogens is 254 g/mol. The van der Waals surface area contributed by atoms with E-state index >= 15 is 0 Å². The standard InChI is InChI=1S/C11H17N3O3S/c1-8(2)13-11(15)14(4)18(16,17)10-7-12-6-5-9(10)3/h5-8H,1-4H3,(H,13,15). The molecule has 0 unspecified atom stereocenters. The van der Waals surface area contributed by atoms with Crippen LogP contribution in [0.15, 0.2) is 23.4 Å². The van der Waals surface area contributed by atoms with Crippen LogP contribution >= 0.6 is 0 Å². The number of hydrogen-bond acceptors (Lipinski definition) is 4. The molecule has 0 saturated carbocycles. The average Bonchev–Trinajstić information content (AvgIpc) is 2.27. The Morgan fingerprint density at radius 2 is 2.06 bits per heavy atom. The van der Waals surface area contributed by atoms with E-state index in [0.29, 0.717) is 9.87 Å². The van der Waals surface area contributed by atoms with Gasteiger partial charge in [-0.05, 0) is 32.4 Å². The average molecular weight is 271 g/mol. The number of sulfonamides is 1. The van der Waals surface area contributed by atoms with Crippen LogP contribution in [0.1, 0.15) is 19.4 Å². The number of hydrogen-bond donors (Lipinski definition) is 1. The SMILES string of the molecule is Cc1ccncc1S(=O)(=O)N(C)C(=O)NC(C)C. The van der Waals surface area contributed by atoms with E-state index in [1.165, 1.54) is 19.4 Å². The Morgan fingerprint density at radius 3 is 2.56 bits per heavy atom. The highest BCUT2D eigenvalue weighted by Crippen LogP contribution is 2.17. The summed E-state index contributed by atoms with van der Waals surface area (Å²) < 4.78 is 25.1. The number of amides is 2.